The normalized spacial score (nSPS) is 10.6. The summed E-state index contributed by atoms with van der Waals surface area (Å²) >= 11 is 0. The van der Waals surface area contributed by atoms with E-state index in [0.717, 1.165) is 17.7 Å². The molecule has 0 fully saturated rings. The van der Waals surface area contributed by atoms with Crippen molar-refractivity contribution in [3.05, 3.63) is 53.6 Å². The number of carboxylic acid groups (broad SMARTS) is 1. The SMILES string of the molecule is CCCOc1ccc(/C=N\Nc2ccc(C(=O)O)cc2)cc1OCC. The first-order chi connectivity index (χ1) is 12.1. The zero-order chi connectivity index (χ0) is 18.1. The second-order valence-electron chi connectivity index (χ2n) is 5.24. The lowest BCUT2D eigenvalue weighted by Gasteiger charge is -2.11. The van der Waals surface area contributed by atoms with Gasteiger partial charge in [-0.2, -0.15) is 5.10 Å². The van der Waals surface area contributed by atoms with Crippen molar-refractivity contribution in [3.8, 4) is 11.5 Å². The first-order valence-electron chi connectivity index (χ1n) is 8.16. The van der Waals surface area contributed by atoms with Gasteiger partial charge in [0, 0.05) is 0 Å². The fraction of sp³-hybridized carbons (Fsp3) is 0.263. The number of nitrogens with one attached hydrogen (secondary N) is 1. The number of benzene rings is 2. The Morgan fingerprint density at radius 2 is 1.88 bits per heavy atom. The van der Waals surface area contributed by atoms with Crippen molar-refractivity contribution in [2.45, 2.75) is 20.3 Å². The minimum Gasteiger partial charge on any atom is -0.490 e. The number of carbonyl (C=O) groups is 1. The number of nitrogens with zero attached hydrogens (tertiary/aromatic N) is 1. The lowest BCUT2D eigenvalue weighted by atomic mass is 10.2. The van der Waals surface area contributed by atoms with Gasteiger partial charge >= 0.3 is 5.97 Å². The molecule has 2 aromatic carbocycles. The van der Waals surface area contributed by atoms with Gasteiger partial charge in [-0.15, -0.1) is 0 Å². The molecule has 0 aliphatic heterocycles. The van der Waals surface area contributed by atoms with E-state index in [1.807, 2.05) is 25.1 Å². The van der Waals surface area contributed by atoms with Gasteiger partial charge < -0.3 is 14.6 Å². The largest absolute Gasteiger partial charge is 0.490 e. The van der Waals surface area contributed by atoms with Crippen molar-refractivity contribution in [3.63, 3.8) is 0 Å². The second kappa shape index (κ2) is 9.32. The first-order valence-corrected chi connectivity index (χ1v) is 8.16. The molecule has 2 rings (SSSR count). The van der Waals surface area contributed by atoms with Crippen LogP contribution in [0.5, 0.6) is 11.5 Å². The molecular formula is C19H22N2O4. The Hall–Kier alpha value is -3.02. The Labute approximate surface area is 147 Å². The molecule has 0 aliphatic carbocycles. The van der Waals surface area contributed by atoms with Gasteiger partial charge in [-0.25, -0.2) is 4.79 Å². The molecule has 0 atom stereocenters. The number of carboxylic acids is 1. The third-order valence-corrected chi connectivity index (χ3v) is 3.27. The van der Waals surface area contributed by atoms with Gasteiger partial charge in [-0.1, -0.05) is 6.92 Å². The molecule has 0 saturated heterocycles. The van der Waals surface area contributed by atoms with Crippen LogP contribution in [0.15, 0.2) is 47.6 Å². The van der Waals surface area contributed by atoms with Crippen LogP contribution in [0.4, 0.5) is 5.69 Å². The topological polar surface area (TPSA) is 80.2 Å². The summed E-state index contributed by atoms with van der Waals surface area (Å²) in [6.07, 6.45) is 2.59. The fourth-order valence-electron chi connectivity index (χ4n) is 2.07. The minimum atomic E-state index is -0.955. The van der Waals surface area contributed by atoms with Crippen LogP contribution in [0.25, 0.3) is 0 Å². The number of hydrazone groups is 1. The van der Waals surface area contributed by atoms with Gasteiger partial charge in [0.05, 0.1) is 30.7 Å². The predicted molar refractivity (Wildman–Crippen MR) is 98.0 cm³/mol. The Balaban J connectivity index is 2.04. The molecule has 0 radical (unpaired) electrons. The predicted octanol–water partition coefficient (Wildman–Crippen LogP) is 4.02. The highest BCUT2D eigenvalue weighted by Crippen LogP contribution is 2.28. The summed E-state index contributed by atoms with van der Waals surface area (Å²) in [4.78, 5) is 10.8. The fourth-order valence-corrected chi connectivity index (χ4v) is 2.07. The quantitative estimate of drug-likeness (QED) is 0.531. The lowest BCUT2D eigenvalue weighted by molar-refractivity contribution is 0.0697. The average Bonchev–Trinajstić information content (AvgIpc) is 2.62. The number of hydrogen-bond donors (Lipinski definition) is 2. The maximum Gasteiger partial charge on any atom is 0.335 e. The summed E-state index contributed by atoms with van der Waals surface area (Å²) in [5, 5.41) is 13.0. The molecule has 6 nitrogen and oxygen atoms in total. The van der Waals surface area contributed by atoms with Crippen molar-refractivity contribution >= 4 is 17.9 Å². The molecule has 0 bridgehead atoms. The third kappa shape index (κ3) is 5.53. The summed E-state index contributed by atoms with van der Waals surface area (Å²) in [5.74, 6) is 0.452. The number of rotatable bonds is 9. The molecule has 2 aromatic rings. The lowest BCUT2D eigenvalue weighted by Crippen LogP contribution is -2.01. The third-order valence-electron chi connectivity index (χ3n) is 3.27. The van der Waals surface area contributed by atoms with Crippen LogP contribution in [0.3, 0.4) is 0 Å². The van der Waals surface area contributed by atoms with Gasteiger partial charge in [-0.05, 0) is 61.4 Å². The van der Waals surface area contributed by atoms with Crippen LogP contribution >= 0.6 is 0 Å². The molecule has 0 aromatic heterocycles. The maximum atomic E-state index is 10.8. The molecule has 0 amide bonds. The highest BCUT2D eigenvalue weighted by atomic mass is 16.5. The van der Waals surface area contributed by atoms with E-state index in [2.05, 4.69) is 17.5 Å². The van der Waals surface area contributed by atoms with Crippen LogP contribution < -0.4 is 14.9 Å². The van der Waals surface area contributed by atoms with E-state index in [1.165, 1.54) is 12.1 Å². The van der Waals surface area contributed by atoms with E-state index in [9.17, 15) is 4.79 Å². The highest BCUT2D eigenvalue weighted by Gasteiger charge is 2.05. The van der Waals surface area contributed by atoms with Crippen LogP contribution in [-0.2, 0) is 0 Å². The van der Waals surface area contributed by atoms with Gasteiger partial charge in [0.2, 0.25) is 0 Å². The second-order valence-corrected chi connectivity index (χ2v) is 5.24. The van der Waals surface area contributed by atoms with Crippen LogP contribution in [0, 0.1) is 0 Å². The smallest absolute Gasteiger partial charge is 0.335 e. The summed E-state index contributed by atoms with van der Waals surface area (Å²) in [5.41, 5.74) is 4.66. The zero-order valence-corrected chi connectivity index (χ0v) is 14.4. The van der Waals surface area contributed by atoms with E-state index in [0.29, 0.717) is 24.7 Å². The van der Waals surface area contributed by atoms with E-state index < -0.39 is 5.97 Å². The summed E-state index contributed by atoms with van der Waals surface area (Å²) in [6, 6.07) is 12.0. The molecule has 0 spiro atoms. The molecular weight excluding hydrogens is 320 g/mol. The van der Waals surface area contributed by atoms with E-state index in [-0.39, 0.29) is 5.56 Å². The van der Waals surface area contributed by atoms with E-state index >= 15 is 0 Å². The zero-order valence-electron chi connectivity index (χ0n) is 14.4. The van der Waals surface area contributed by atoms with Crippen molar-refractivity contribution in [2.24, 2.45) is 5.10 Å². The number of ether oxygens (including phenoxy) is 2. The van der Waals surface area contributed by atoms with E-state index in [1.54, 1.807) is 18.3 Å². The molecule has 25 heavy (non-hydrogen) atoms. The molecule has 0 aliphatic rings. The molecule has 0 saturated carbocycles. The van der Waals surface area contributed by atoms with Gasteiger partial charge in [0.15, 0.2) is 11.5 Å². The van der Waals surface area contributed by atoms with Crippen molar-refractivity contribution in [1.82, 2.24) is 0 Å². The molecule has 132 valence electrons. The Morgan fingerprint density at radius 3 is 2.52 bits per heavy atom. The van der Waals surface area contributed by atoms with Crippen LogP contribution in [0.2, 0.25) is 0 Å². The van der Waals surface area contributed by atoms with Crippen molar-refractivity contribution < 1.29 is 19.4 Å². The molecule has 0 heterocycles. The number of anilines is 1. The van der Waals surface area contributed by atoms with Crippen molar-refractivity contribution in [2.75, 3.05) is 18.6 Å². The highest BCUT2D eigenvalue weighted by molar-refractivity contribution is 5.88. The minimum absolute atomic E-state index is 0.235. The Bertz CT molecular complexity index is 727. The summed E-state index contributed by atoms with van der Waals surface area (Å²) < 4.78 is 11.3. The van der Waals surface area contributed by atoms with Crippen molar-refractivity contribution in [1.29, 1.82) is 0 Å². The molecule has 2 N–H and O–H groups in total. The van der Waals surface area contributed by atoms with E-state index in [4.69, 9.17) is 14.6 Å². The number of aromatic carboxylic acids is 1. The average molecular weight is 342 g/mol. The summed E-state index contributed by atoms with van der Waals surface area (Å²) in [6.45, 7) is 5.17. The Morgan fingerprint density at radius 1 is 1.12 bits per heavy atom. The molecule has 6 heteroatoms. The van der Waals surface area contributed by atoms with Gasteiger partial charge in [0.1, 0.15) is 0 Å². The van der Waals surface area contributed by atoms with Crippen LogP contribution in [-0.4, -0.2) is 30.5 Å². The molecule has 0 unspecified atom stereocenters. The summed E-state index contributed by atoms with van der Waals surface area (Å²) in [7, 11) is 0. The standard InChI is InChI=1S/C19H22N2O4/c1-3-11-25-17-10-5-14(12-18(17)24-4-2)13-20-21-16-8-6-15(7-9-16)19(22)23/h5-10,12-13,21H,3-4,11H2,1-2H3,(H,22,23)/b20-13-. The van der Waals surface area contributed by atoms with Gasteiger partial charge in [0.25, 0.3) is 0 Å². The van der Waals surface area contributed by atoms with Gasteiger partial charge in [-0.3, -0.25) is 5.43 Å². The maximum absolute atomic E-state index is 10.8. The monoisotopic (exact) mass is 342 g/mol. The van der Waals surface area contributed by atoms with Crippen LogP contribution in [0.1, 0.15) is 36.2 Å². The Kier molecular flexibility index (Phi) is 6.83. The first kappa shape index (κ1) is 18.3. The number of hydrogen-bond acceptors (Lipinski definition) is 5.